The Bertz CT molecular complexity index is 1070. The van der Waals surface area contributed by atoms with Gasteiger partial charge in [-0.2, -0.15) is 9.61 Å². The molecule has 0 aliphatic rings. The molecule has 146 valence electrons. The third-order valence-corrected chi connectivity index (χ3v) is 5.00. The second kappa shape index (κ2) is 7.40. The number of hydrogen-bond acceptors (Lipinski definition) is 7. The van der Waals surface area contributed by atoms with Crippen LogP contribution in [-0.2, 0) is 0 Å². The molecule has 3 aromatic rings. The zero-order valence-electron chi connectivity index (χ0n) is 16.5. The van der Waals surface area contributed by atoms with Crippen molar-refractivity contribution in [1.82, 2.24) is 19.5 Å². The number of rotatable bonds is 6. The molecule has 0 fully saturated rings. The fourth-order valence-electron chi connectivity index (χ4n) is 3.04. The summed E-state index contributed by atoms with van der Waals surface area (Å²) in [6.07, 6.45) is 3.41. The molecule has 0 radical (unpaired) electrons. The van der Waals surface area contributed by atoms with E-state index in [9.17, 15) is 4.79 Å². The number of anilines is 2. The van der Waals surface area contributed by atoms with Gasteiger partial charge >= 0.3 is 0 Å². The number of carbonyl (C=O) groups is 1. The summed E-state index contributed by atoms with van der Waals surface area (Å²) in [5.74, 6) is -0.00266. The lowest BCUT2D eigenvalue weighted by molar-refractivity contribution is 0.106. The quantitative estimate of drug-likeness (QED) is 0.343. The van der Waals surface area contributed by atoms with Gasteiger partial charge in [0.1, 0.15) is 5.82 Å². The maximum absolute atomic E-state index is 12.7. The van der Waals surface area contributed by atoms with Crippen LogP contribution in [0.2, 0.25) is 0 Å². The summed E-state index contributed by atoms with van der Waals surface area (Å²) in [4.78, 5) is 19.1. The number of benzene rings is 1. The van der Waals surface area contributed by atoms with Crippen LogP contribution in [0.4, 0.5) is 11.5 Å². The van der Waals surface area contributed by atoms with Crippen LogP contribution in [0.15, 0.2) is 30.6 Å². The van der Waals surface area contributed by atoms with Crippen LogP contribution < -0.4 is 11.5 Å². The highest BCUT2D eigenvalue weighted by molar-refractivity contribution is 6.46. The Kier molecular flexibility index (Phi) is 5.15. The molecule has 8 heteroatoms. The zero-order valence-corrected chi connectivity index (χ0v) is 16.5. The monoisotopic (exact) mass is 379 g/mol. The summed E-state index contributed by atoms with van der Waals surface area (Å²) in [5, 5.41) is 12.4. The van der Waals surface area contributed by atoms with Crippen molar-refractivity contribution in [2.24, 2.45) is 0 Å². The van der Waals surface area contributed by atoms with E-state index in [0.29, 0.717) is 29.1 Å². The van der Waals surface area contributed by atoms with E-state index < -0.39 is 0 Å². The smallest absolute Gasteiger partial charge is 0.211 e. The molecule has 3 rings (SSSR count). The molecule has 0 spiro atoms. The number of fused-ring (bicyclic) bond motifs is 1. The van der Waals surface area contributed by atoms with Crippen molar-refractivity contribution in [1.29, 1.82) is 5.41 Å². The topological polar surface area (TPSA) is 126 Å². The van der Waals surface area contributed by atoms with Gasteiger partial charge in [0.15, 0.2) is 5.65 Å². The SMILES string of the molecule is Cc1cc(N)ccc1-c1cnc2c(C(=O)C(=N)CC(C)N(C)C)cnn2c1N. The fourth-order valence-corrected chi connectivity index (χ4v) is 3.04. The first-order valence-corrected chi connectivity index (χ1v) is 8.98. The number of aromatic nitrogens is 3. The van der Waals surface area contributed by atoms with Crippen LogP contribution >= 0.6 is 0 Å². The summed E-state index contributed by atoms with van der Waals surface area (Å²) in [7, 11) is 3.83. The van der Waals surface area contributed by atoms with Gasteiger partial charge in [-0.3, -0.25) is 4.79 Å². The Balaban J connectivity index is 1.99. The predicted molar refractivity (Wildman–Crippen MR) is 112 cm³/mol. The van der Waals surface area contributed by atoms with Crippen LogP contribution in [0.25, 0.3) is 16.8 Å². The fraction of sp³-hybridized carbons (Fsp3) is 0.300. The number of nitrogens with two attached hydrogens (primary N) is 2. The highest BCUT2D eigenvalue weighted by Crippen LogP contribution is 2.30. The van der Waals surface area contributed by atoms with Gasteiger partial charge in [0, 0.05) is 29.9 Å². The third-order valence-electron chi connectivity index (χ3n) is 5.00. The molecule has 1 atom stereocenters. The van der Waals surface area contributed by atoms with Gasteiger partial charge in [-0.05, 0) is 51.2 Å². The molecule has 2 aromatic heterocycles. The van der Waals surface area contributed by atoms with Crippen molar-refractivity contribution in [2.45, 2.75) is 26.3 Å². The Morgan fingerprint density at radius 3 is 2.61 bits per heavy atom. The number of nitrogen functional groups attached to an aromatic ring is 2. The molecule has 0 saturated heterocycles. The highest BCUT2D eigenvalue weighted by atomic mass is 16.1. The van der Waals surface area contributed by atoms with E-state index in [1.165, 1.54) is 10.7 Å². The van der Waals surface area contributed by atoms with Gasteiger partial charge in [-0.1, -0.05) is 6.07 Å². The average molecular weight is 379 g/mol. The van der Waals surface area contributed by atoms with Crippen molar-refractivity contribution in [3.8, 4) is 11.1 Å². The number of carbonyl (C=O) groups excluding carboxylic acids is 1. The van der Waals surface area contributed by atoms with Gasteiger partial charge in [-0.15, -0.1) is 0 Å². The maximum Gasteiger partial charge on any atom is 0.211 e. The molecular weight excluding hydrogens is 354 g/mol. The second-order valence-corrected chi connectivity index (χ2v) is 7.25. The van der Waals surface area contributed by atoms with Crippen LogP contribution in [0, 0.1) is 12.3 Å². The van der Waals surface area contributed by atoms with Crippen LogP contribution in [0.5, 0.6) is 0 Å². The Hall–Kier alpha value is -3.26. The first-order chi connectivity index (χ1) is 13.2. The van der Waals surface area contributed by atoms with E-state index in [1.54, 1.807) is 12.3 Å². The summed E-state index contributed by atoms with van der Waals surface area (Å²) >= 11 is 0. The van der Waals surface area contributed by atoms with Crippen LogP contribution in [-0.4, -0.2) is 51.1 Å². The standard InChI is InChI=1S/C20H25N7O/c1-11-7-13(21)5-6-14(11)15-9-24-20-16(10-25-27(20)19(15)23)18(28)17(22)8-12(2)26(3)4/h5-7,9-10,12,22H,8,21,23H2,1-4H3. The van der Waals surface area contributed by atoms with E-state index in [4.69, 9.17) is 16.9 Å². The molecule has 0 aliphatic heterocycles. The minimum atomic E-state index is -0.382. The Labute approximate surface area is 163 Å². The summed E-state index contributed by atoms with van der Waals surface area (Å²) in [5.41, 5.74) is 16.1. The van der Waals surface area contributed by atoms with E-state index in [2.05, 4.69) is 10.1 Å². The molecule has 0 aliphatic carbocycles. The van der Waals surface area contributed by atoms with Crippen molar-refractivity contribution in [3.05, 3.63) is 41.7 Å². The third kappa shape index (κ3) is 3.46. The van der Waals surface area contributed by atoms with Crippen LogP contribution in [0.3, 0.4) is 0 Å². The molecule has 28 heavy (non-hydrogen) atoms. The number of nitrogens with zero attached hydrogens (tertiary/aromatic N) is 4. The zero-order chi connectivity index (χ0) is 20.6. The van der Waals surface area contributed by atoms with Crippen molar-refractivity contribution in [3.63, 3.8) is 0 Å². The summed E-state index contributed by atoms with van der Waals surface area (Å²) in [6.45, 7) is 3.91. The maximum atomic E-state index is 12.7. The molecule has 8 nitrogen and oxygen atoms in total. The molecule has 0 bridgehead atoms. The first-order valence-electron chi connectivity index (χ1n) is 8.98. The molecular formula is C20H25N7O. The van der Waals surface area contributed by atoms with Crippen LogP contribution in [0.1, 0.15) is 29.3 Å². The number of nitrogens with one attached hydrogen (secondary N) is 1. The largest absolute Gasteiger partial charge is 0.399 e. The lowest BCUT2D eigenvalue weighted by Gasteiger charge is -2.19. The minimum Gasteiger partial charge on any atom is -0.399 e. The number of ketones is 1. The van der Waals surface area contributed by atoms with Gasteiger partial charge < -0.3 is 21.8 Å². The van der Waals surface area contributed by atoms with Gasteiger partial charge in [0.05, 0.1) is 17.5 Å². The molecule has 1 aromatic carbocycles. The molecule has 0 amide bonds. The minimum absolute atomic E-state index is 0.0231. The van der Waals surface area contributed by atoms with Crippen molar-refractivity contribution in [2.75, 3.05) is 25.6 Å². The van der Waals surface area contributed by atoms with E-state index in [1.807, 2.05) is 45.0 Å². The Morgan fingerprint density at radius 2 is 1.96 bits per heavy atom. The van der Waals surface area contributed by atoms with E-state index >= 15 is 0 Å². The normalized spacial score (nSPS) is 12.5. The number of hydrogen-bond donors (Lipinski definition) is 3. The molecule has 2 heterocycles. The van der Waals surface area contributed by atoms with Gasteiger partial charge in [0.25, 0.3) is 0 Å². The lowest BCUT2D eigenvalue weighted by Crippen LogP contribution is -2.29. The summed E-state index contributed by atoms with van der Waals surface area (Å²) < 4.78 is 1.45. The average Bonchev–Trinajstić information content (AvgIpc) is 3.06. The second-order valence-electron chi connectivity index (χ2n) is 7.25. The van der Waals surface area contributed by atoms with E-state index in [-0.39, 0.29) is 23.1 Å². The predicted octanol–water partition coefficient (Wildman–Crippen LogP) is 2.41. The molecule has 0 saturated carbocycles. The summed E-state index contributed by atoms with van der Waals surface area (Å²) in [6, 6.07) is 5.63. The van der Waals surface area contributed by atoms with Gasteiger partial charge in [0.2, 0.25) is 5.78 Å². The number of aryl methyl sites for hydroxylation is 1. The van der Waals surface area contributed by atoms with Crippen molar-refractivity contribution >= 4 is 28.6 Å². The first kappa shape index (κ1) is 19.5. The lowest BCUT2D eigenvalue weighted by atomic mass is 10.0. The Morgan fingerprint density at radius 1 is 1.25 bits per heavy atom. The van der Waals surface area contributed by atoms with Crippen molar-refractivity contribution < 1.29 is 4.79 Å². The molecule has 1 unspecified atom stereocenters. The van der Waals surface area contributed by atoms with Gasteiger partial charge in [-0.25, -0.2) is 4.98 Å². The highest BCUT2D eigenvalue weighted by Gasteiger charge is 2.22. The van der Waals surface area contributed by atoms with E-state index in [0.717, 1.165) is 11.1 Å². The number of Topliss-reactive ketones (excluding diaryl/α,β-unsaturated/α-hetero) is 1. The molecule has 5 N–H and O–H groups in total.